The van der Waals surface area contributed by atoms with Crippen molar-refractivity contribution >= 4 is 23.7 Å². The lowest BCUT2D eigenvalue weighted by molar-refractivity contribution is -0.151. The monoisotopic (exact) mass is 415 g/mol. The number of fused-ring (bicyclic) bond motifs is 1. The molecule has 0 aliphatic carbocycles. The van der Waals surface area contributed by atoms with Crippen LogP contribution >= 0.6 is 0 Å². The van der Waals surface area contributed by atoms with E-state index in [0.29, 0.717) is 0 Å². The summed E-state index contributed by atoms with van der Waals surface area (Å²) in [6.07, 6.45) is 7.46. The zero-order valence-electron chi connectivity index (χ0n) is 16.0. The summed E-state index contributed by atoms with van der Waals surface area (Å²) in [5, 5.41) is 5.88. The van der Waals surface area contributed by atoms with Crippen molar-refractivity contribution in [3.8, 4) is 0 Å². The van der Waals surface area contributed by atoms with Gasteiger partial charge < -0.3 is 20.1 Å². The smallest absolute Gasteiger partial charge is 0.322 e. The first-order chi connectivity index (χ1) is 14.5. The molecule has 4 rings (SSSR count). The first-order valence-electron chi connectivity index (χ1n) is 9.45. The van der Waals surface area contributed by atoms with Crippen LogP contribution in [0.5, 0.6) is 0 Å². The molecule has 0 spiro atoms. The summed E-state index contributed by atoms with van der Waals surface area (Å²) < 4.78 is 37.5. The molecule has 4 unspecified atom stereocenters. The molecular formula is C21H19F2N3O4. The molecule has 3 aliphatic heterocycles. The van der Waals surface area contributed by atoms with Crippen molar-refractivity contribution in [1.82, 2.24) is 5.32 Å². The van der Waals surface area contributed by atoms with Gasteiger partial charge in [-0.3, -0.25) is 14.6 Å². The van der Waals surface area contributed by atoms with E-state index in [1.165, 1.54) is 6.07 Å². The Labute approximate surface area is 171 Å². The van der Waals surface area contributed by atoms with Gasteiger partial charge in [0, 0.05) is 30.1 Å². The molecule has 1 fully saturated rings. The van der Waals surface area contributed by atoms with Gasteiger partial charge >= 0.3 is 5.97 Å². The van der Waals surface area contributed by atoms with Gasteiger partial charge in [0.2, 0.25) is 5.78 Å². The van der Waals surface area contributed by atoms with Crippen LogP contribution in [0.4, 0.5) is 14.5 Å². The number of rotatable bonds is 5. The molecule has 1 aromatic carbocycles. The molecule has 4 atom stereocenters. The Hall–Kier alpha value is -3.49. The van der Waals surface area contributed by atoms with Gasteiger partial charge in [-0.25, -0.2) is 8.78 Å². The summed E-state index contributed by atoms with van der Waals surface area (Å²) in [7, 11) is 0. The zero-order valence-corrected chi connectivity index (χ0v) is 16.0. The molecule has 0 saturated carbocycles. The number of anilines is 1. The average Bonchev–Trinajstić information content (AvgIpc) is 3.26. The normalized spacial score (nSPS) is 28.0. The highest BCUT2D eigenvalue weighted by atomic mass is 19.2. The van der Waals surface area contributed by atoms with Crippen LogP contribution < -0.4 is 10.6 Å². The number of nitrogens with one attached hydrogen (secondary N) is 2. The number of allylic oxidation sites excluding steroid dienone is 3. The molecule has 7 nitrogen and oxygen atoms in total. The number of nitrogens with zero attached hydrogens (tertiary/aromatic N) is 1. The number of halogens is 2. The van der Waals surface area contributed by atoms with Crippen LogP contribution in [0.1, 0.15) is 6.92 Å². The van der Waals surface area contributed by atoms with Gasteiger partial charge in [0.1, 0.15) is 6.17 Å². The number of carbonyl (C=O) groups excluding carboxylic acids is 2. The Balaban J connectivity index is 1.60. The average molecular weight is 415 g/mol. The fourth-order valence-electron chi connectivity index (χ4n) is 3.50. The number of ether oxygens (including phenoxy) is 2. The maximum Gasteiger partial charge on any atom is 0.322 e. The number of carbonyl (C=O) groups is 2. The second-order valence-corrected chi connectivity index (χ2v) is 6.88. The van der Waals surface area contributed by atoms with E-state index in [9.17, 15) is 18.4 Å². The van der Waals surface area contributed by atoms with E-state index in [4.69, 9.17) is 9.47 Å². The van der Waals surface area contributed by atoms with Crippen LogP contribution in [0.25, 0.3) is 0 Å². The number of dihydropyridines is 1. The number of esters is 1. The fraction of sp³-hybridized carbons (Fsp3) is 0.286. The van der Waals surface area contributed by atoms with E-state index in [1.54, 1.807) is 25.4 Å². The predicted octanol–water partition coefficient (Wildman–Crippen LogP) is 2.44. The van der Waals surface area contributed by atoms with Crippen LogP contribution in [0.3, 0.4) is 0 Å². The number of hydrogen-bond acceptors (Lipinski definition) is 7. The van der Waals surface area contributed by atoms with Gasteiger partial charge in [-0.1, -0.05) is 6.08 Å². The van der Waals surface area contributed by atoms with E-state index < -0.39 is 35.5 Å². The van der Waals surface area contributed by atoms with Crippen LogP contribution in [0.15, 0.2) is 59.0 Å². The molecule has 3 aliphatic rings. The lowest BCUT2D eigenvalue weighted by atomic mass is 9.96. The lowest BCUT2D eigenvalue weighted by Crippen LogP contribution is -2.35. The second-order valence-electron chi connectivity index (χ2n) is 6.88. The molecule has 0 amide bonds. The van der Waals surface area contributed by atoms with Crippen molar-refractivity contribution in [1.29, 1.82) is 0 Å². The highest BCUT2D eigenvalue weighted by molar-refractivity contribution is 6.10. The molecule has 0 bridgehead atoms. The van der Waals surface area contributed by atoms with Crippen molar-refractivity contribution in [3.05, 3.63) is 65.6 Å². The summed E-state index contributed by atoms with van der Waals surface area (Å²) in [6.45, 7) is 1.71. The summed E-state index contributed by atoms with van der Waals surface area (Å²) >= 11 is 0. The van der Waals surface area contributed by atoms with Crippen molar-refractivity contribution in [2.45, 2.75) is 19.3 Å². The predicted molar refractivity (Wildman–Crippen MR) is 104 cm³/mol. The zero-order chi connectivity index (χ0) is 21.3. The minimum Gasteiger partial charge on any atom is -0.466 e. The first kappa shape index (κ1) is 19.8. The van der Waals surface area contributed by atoms with Gasteiger partial charge in [0.25, 0.3) is 0 Å². The summed E-state index contributed by atoms with van der Waals surface area (Å²) in [5.41, 5.74) is 0.932. The Morgan fingerprint density at radius 2 is 2.20 bits per heavy atom. The van der Waals surface area contributed by atoms with Crippen molar-refractivity contribution in [2.75, 3.05) is 11.9 Å². The van der Waals surface area contributed by atoms with Crippen molar-refractivity contribution in [3.63, 3.8) is 0 Å². The van der Waals surface area contributed by atoms with Crippen LogP contribution in [0, 0.1) is 23.5 Å². The SMILES string of the molecule is CCOC(=O)C1C(=O)/C(=C/C2=CNC3N=CC=CC23)OC1Nc1ccc(F)c(F)c1. The minimum atomic E-state index is -1.28. The Morgan fingerprint density at radius 3 is 2.97 bits per heavy atom. The number of ketones is 1. The number of hydrogen-bond donors (Lipinski definition) is 2. The van der Waals surface area contributed by atoms with E-state index >= 15 is 0 Å². The Kier molecular flexibility index (Phi) is 5.35. The molecule has 30 heavy (non-hydrogen) atoms. The number of aliphatic imine (C=N–C) groups is 1. The highest BCUT2D eigenvalue weighted by Crippen LogP contribution is 2.33. The van der Waals surface area contributed by atoms with Gasteiger partial charge in [-0.2, -0.15) is 0 Å². The molecule has 9 heteroatoms. The van der Waals surface area contributed by atoms with Crippen molar-refractivity contribution < 1.29 is 27.8 Å². The van der Waals surface area contributed by atoms with E-state index in [0.717, 1.165) is 17.7 Å². The summed E-state index contributed by atoms with van der Waals surface area (Å²) in [5.74, 6) is -4.76. The number of Topliss-reactive ketones (excluding diaryl/α,β-unsaturated/α-hetero) is 1. The van der Waals surface area contributed by atoms with E-state index in [2.05, 4.69) is 15.6 Å². The third kappa shape index (κ3) is 3.70. The quantitative estimate of drug-likeness (QED) is 0.436. The second kappa shape index (κ2) is 8.10. The van der Waals surface area contributed by atoms with Gasteiger partial charge in [0.15, 0.2) is 29.5 Å². The van der Waals surface area contributed by atoms with Crippen LogP contribution in [-0.2, 0) is 19.1 Å². The number of benzene rings is 1. The molecule has 1 aromatic rings. The van der Waals surface area contributed by atoms with E-state index in [-0.39, 0.29) is 30.1 Å². The van der Waals surface area contributed by atoms with Gasteiger partial charge in [-0.15, -0.1) is 0 Å². The third-order valence-corrected chi connectivity index (χ3v) is 4.95. The summed E-state index contributed by atoms with van der Waals surface area (Å²) in [4.78, 5) is 29.6. The Morgan fingerprint density at radius 1 is 1.37 bits per heavy atom. The van der Waals surface area contributed by atoms with Crippen LogP contribution in [0.2, 0.25) is 0 Å². The van der Waals surface area contributed by atoms with E-state index in [1.807, 2.05) is 12.2 Å². The lowest BCUT2D eigenvalue weighted by Gasteiger charge is -2.18. The first-order valence-corrected chi connectivity index (χ1v) is 9.45. The molecule has 0 radical (unpaired) electrons. The fourth-order valence-corrected chi connectivity index (χ4v) is 3.50. The van der Waals surface area contributed by atoms with Gasteiger partial charge in [-0.05, 0) is 36.8 Å². The highest BCUT2D eigenvalue weighted by Gasteiger charge is 2.47. The third-order valence-electron chi connectivity index (χ3n) is 4.95. The Bertz CT molecular complexity index is 1000. The maximum atomic E-state index is 13.6. The molecule has 1 saturated heterocycles. The maximum absolute atomic E-state index is 13.6. The molecule has 156 valence electrons. The largest absolute Gasteiger partial charge is 0.466 e. The van der Waals surface area contributed by atoms with Crippen LogP contribution in [-0.4, -0.2) is 37.0 Å². The molecular weight excluding hydrogens is 396 g/mol. The summed E-state index contributed by atoms with van der Waals surface area (Å²) in [6, 6.07) is 3.15. The van der Waals surface area contributed by atoms with Crippen molar-refractivity contribution in [2.24, 2.45) is 16.8 Å². The topological polar surface area (TPSA) is 89.0 Å². The standard InChI is InChI=1S/C21H19F2N3O4/c1-2-29-21(28)17-18(27)16(8-11-10-25-19-13(11)4-3-7-24-19)30-20(17)26-12-5-6-14(22)15(23)9-12/h3-10,13,17,19-20,25-26H,2H2,1H3/b16-8-. The minimum absolute atomic E-state index is 0.0233. The molecule has 0 aromatic heterocycles. The molecule has 2 N–H and O–H groups in total. The van der Waals surface area contributed by atoms with Gasteiger partial charge in [0.05, 0.1) is 6.61 Å². The molecule has 3 heterocycles.